The average molecular weight is 316 g/mol. The molecule has 2 rings (SSSR count). The predicted octanol–water partition coefficient (Wildman–Crippen LogP) is 6.07. The molecule has 0 heterocycles. The minimum absolute atomic E-state index is 0.0992. The van der Waals surface area contributed by atoms with Crippen LogP contribution in [0.5, 0.6) is 0 Å². The van der Waals surface area contributed by atoms with Crippen molar-refractivity contribution in [3.8, 4) is 0 Å². The van der Waals surface area contributed by atoms with E-state index in [9.17, 15) is 4.79 Å². The molecule has 0 amide bonds. The van der Waals surface area contributed by atoms with E-state index in [1.165, 1.54) is 44.9 Å². The number of esters is 1. The van der Waals surface area contributed by atoms with Gasteiger partial charge in [-0.1, -0.05) is 57.2 Å². The van der Waals surface area contributed by atoms with E-state index in [1.54, 1.807) is 0 Å². The molecule has 1 aliphatic carbocycles. The van der Waals surface area contributed by atoms with Crippen LogP contribution in [0.3, 0.4) is 0 Å². The summed E-state index contributed by atoms with van der Waals surface area (Å²) in [5.41, 5.74) is 2.01. The second-order valence-corrected chi connectivity index (χ2v) is 7.18. The maximum Gasteiger partial charge on any atom is 0.338 e. The molecule has 1 fully saturated rings. The number of aryl methyl sites for hydroxylation is 1. The summed E-state index contributed by atoms with van der Waals surface area (Å²) in [5.74, 6) is -0.146. The molecule has 0 aliphatic heterocycles. The summed E-state index contributed by atoms with van der Waals surface area (Å²) < 4.78 is 5.98. The molecule has 2 unspecified atom stereocenters. The highest BCUT2D eigenvalue weighted by atomic mass is 16.5. The van der Waals surface area contributed by atoms with Gasteiger partial charge in [0.2, 0.25) is 0 Å². The van der Waals surface area contributed by atoms with E-state index in [2.05, 4.69) is 13.8 Å². The topological polar surface area (TPSA) is 26.3 Å². The largest absolute Gasteiger partial charge is 0.458 e. The number of ether oxygens (including phenoxy) is 1. The van der Waals surface area contributed by atoms with Crippen molar-refractivity contribution < 1.29 is 9.53 Å². The first kappa shape index (κ1) is 18.0. The first-order chi connectivity index (χ1) is 11.1. The Morgan fingerprint density at radius 1 is 1.26 bits per heavy atom. The molecule has 1 aromatic rings. The molecule has 0 radical (unpaired) electrons. The minimum atomic E-state index is -0.146. The zero-order chi connectivity index (χ0) is 16.7. The van der Waals surface area contributed by atoms with E-state index >= 15 is 0 Å². The molecular formula is C21H32O2. The minimum Gasteiger partial charge on any atom is -0.458 e. The lowest BCUT2D eigenvalue weighted by atomic mass is 9.76. The van der Waals surface area contributed by atoms with Gasteiger partial charge in [0.15, 0.2) is 0 Å². The van der Waals surface area contributed by atoms with Crippen LogP contribution in [0.15, 0.2) is 24.3 Å². The van der Waals surface area contributed by atoms with Gasteiger partial charge in [0.1, 0.15) is 6.10 Å². The van der Waals surface area contributed by atoms with E-state index < -0.39 is 0 Å². The third-order valence-corrected chi connectivity index (χ3v) is 5.56. The zero-order valence-electron chi connectivity index (χ0n) is 15.1. The number of carbonyl (C=O) groups is 1. The highest BCUT2D eigenvalue weighted by Gasteiger charge is 2.43. The Kier molecular flexibility index (Phi) is 6.68. The molecule has 2 heteroatoms. The van der Waals surface area contributed by atoms with E-state index in [-0.39, 0.29) is 17.5 Å². The number of hydrogen-bond donors (Lipinski definition) is 0. The van der Waals surface area contributed by atoms with Gasteiger partial charge >= 0.3 is 5.97 Å². The van der Waals surface area contributed by atoms with E-state index in [0.717, 1.165) is 18.4 Å². The standard InChI is InChI=1S/C21H32O2/c1-4-6-7-8-14-21(5-2)15-10-13-19(21)23-20(22)18-12-9-11-17(3)16-18/h9,11-12,16,19H,4-8,10,13-15H2,1-3H3. The van der Waals surface area contributed by atoms with Crippen molar-refractivity contribution in [2.24, 2.45) is 5.41 Å². The molecule has 128 valence electrons. The van der Waals surface area contributed by atoms with Crippen LogP contribution >= 0.6 is 0 Å². The fraction of sp³-hybridized carbons (Fsp3) is 0.667. The van der Waals surface area contributed by atoms with Crippen molar-refractivity contribution in [2.45, 2.75) is 84.7 Å². The monoisotopic (exact) mass is 316 g/mol. The summed E-state index contributed by atoms with van der Waals surface area (Å²) >= 11 is 0. The number of carbonyl (C=O) groups excluding carboxylic acids is 1. The molecular weight excluding hydrogens is 284 g/mol. The molecule has 2 nitrogen and oxygen atoms in total. The fourth-order valence-corrected chi connectivity index (χ4v) is 4.03. The Bertz CT molecular complexity index is 508. The number of hydrogen-bond acceptors (Lipinski definition) is 2. The Hall–Kier alpha value is -1.31. The number of benzene rings is 1. The third kappa shape index (κ3) is 4.59. The quantitative estimate of drug-likeness (QED) is 0.429. The Balaban J connectivity index is 2.00. The van der Waals surface area contributed by atoms with Crippen LogP contribution in [0.25, 0.3) is 0 Å². The molecule has 0 saturated heterocycles. The molecule has 23 heavy (non-hydrogen) atoms. The van der Waals surface area contributed by atoms with Crippen LogP contribution < -0.4 is 0 Å². The van der Waals surface area contributed by atoms with Crippen LogP contribution in [0.4, 0.5) is 0 Å². The average Bonchev–Trinajstić information content (AvgIpc) is 2.95. The van der Waals surface area contributed by atoms with E-state index in [0.29, 0.717) is 5.56 Å². The van der Waals surface area contributed by atoms with Crippen molar-refractivity contribution in [3.63, 3.8) is 0 Å². The second kappa shape index (κ2) is 8.52. The number of rotatable bonds is 8. The van der Waals surface area contributed by atoms with Gasteiger partial charge in [0.25, 0.3) is 0 Å². The molecule has 0 bridgehead atoms. The number of unbranched alkanes of at least 4 members (excludes halogenated alkanes) is 3. The van der Waals surface area contributed by atoms with Gasteiger partial charge in [-0.05, 0) is 51.2 Å². The van der Waals surface area contributed by atoms with Crippen LogP contribution in [0.2, 0.25) is 0 Å². The highest BCUT2D eigenvalue weighted by molar-refractivity contribution is 5.89. The Morgan fingerprint density at radius 2 is 2.09 bits per heavy atom. The SMILES string of the molecule is CCCCCCC1(CC)CCCC1OC(=O)c1cccc(C)c1. The van der Waals surface area contributed by atoms with Gasteiger partial charge in [-0.15, -0.1) is 0 Å². The van der Waals surface area contributed by atoms with Crippen LogP contribution in [0, 0.1) is 12.3 Å². The maximum atomic E-state index is 12.5. The smallest absolute Gasteiger partial charge is 0.338 e. The summed E-state index contributed by atoms with van der Waals surface area (Å²) in [6.45, 7) is 6.52. The molecule has 0 spiro atoms. The van der Waals surface area contributed by atoms with Gasteiger partial charge in [0.05, 0.1) is 5.56 Å². The second-order valence-electron chi connectivity index (χ2n) is 7.18. The lowest BCUT2D eigenvalue weighted by Crippen LogP contribution is -2.33. The lowest BCUT2D eigenvalue weighted by Gasteiger charge is -2.34. The maximum absolute atomic E-state index is 12.5. The first-order valence-corrected chi connectivity index (χ1v) is 9.39. The van der Waals surface area contributed by atoms with Gasteiger partial charge in [-0.3, -0.25) is 0 Å². The lowest BCUT2D eigenvalue weighted by molar-refractivity contribution is -0.0107. The van der Waals surface area contributed by atoms with Gasteiger partial charge < -0.3 is 4.74 Å². The summed E-state index contributed by atoms with van der Waals surface area (Å²) in [5, 5.41) is 0. The van der Waals surface area contributed by atoms with Gasteiger partial charge in [-0.2, -0.15) is 0 Å². The summed E-state index contributed by atoms with van der Waals surface area (Å²) in [4.78, 5) is 12.5. The highest BCUT2D eigenvalue weighted by Crippen LogP contribution is 2.47. The van der Waals surface area contributed by atoms with Gasteiger partial charge in [-0.25, -0.2) is 4.79 Å². The third-order valence-electron chi connectivity index (χ3n) is 5.56. The van der Waals surface area contributed by atoms with E-state index in [4.69, 9.17) is 4.74 Å². The van der Waals surface area contributed by atoms with Crippen LogP contribution in [-0.2, 0) is 4.74 Å². The van der Waals surface area contributed by atoms with Gasteiger partial charge in [0, 0.05) is 5.41 Å². The van der Waals surface area contributed by atoms with Crippen molar-refractivity contribution in [3.05, 3.63) is 35.4 Å². The Labute approximate surface area is 141 Å². The van der Waals surface area contributed by atoms with Crippen molar-refractivity contribution in [1.82, 2.24) is 0 Å². The molecule has 1 aliphatic rings. The van der Waals surface area contributed by atoms with Crippen molar-refractivity contribution >= 4 is 5.97 Å². The molecule has 0 N–H and O–H groups in total. The predicted molar refractivity (Wildman–Crippen MR) is 95.7 cm³/mol. The molecule has 1 aromatic carbocycles. The zero-order valence-corrected chi connectivity index (χ0v) is 15.1. The van der Waals surface area contributed by atoms with Crippen molar-refractivity contribution in [1.29, 1.82) is 0 Å². The van der Waals surface area contributed by atoms with Crippen LogP contribution in [-0.4, -0.2) is 12.1 Å². The fourth-order valence-electron chi connectivity index (χ4n) is 4.03. The molecule has 2 atom stereocenters. The summed E-state index contributed by atoms with van der Waals surface area (Å²) in [6, 6.07) is 7.72. The van der Waals surface area contributed by atoms with Crippen molar-refractivity contribution in [2.75, 3.05) is 0 Å². The Morgan fingerprint density at radius 3 is 2.78 bits per heavy atom. The summed E-state index contributed by atoms with van der Waals surface area (Å²) in [7, 11) is 0. The molecule has 0 aromatic heterocycles. The van der Waals surface area contributed by atoms with Crippen LogP contribution in [0.1, 0.15) is 87.6 Å². The van der Waals surface area contributed by atoms with E-state index in [1.807, 2.05) is 31.2 Å². The first-order valence-electron chi connectivity index (χ1n) is 9.39. The normalized spacial score (nSPS) is 23.9. The summed E-state index contributed by atoms with van der Waals surface area (Å²) in [6.07, 6.45) is 11.0. The molecule has 1 saturated carbocycles.